The van der Waals surface area contributed by atoms with Crippen LogP contribution in [-0.2, 0) is 19.6 Å². The average Bonchev–Trinajstić information content (AvgIpc) is 3.31. The zero-order valence-corrected chi connectivity index (χ0v) is 23.5. The van der Waals surface area contributed by atoms with Gasteiger partial charge in [-0.25, -0.2) is 14.0 Å². The standard InChI is InChI=1S/C30H33FN4O6/c1-5-40-29(38)41-24-17-35(27(36)19-6-8-20(31)9-7-19)18-30(2,3)25-22-11-10-21(16-23(22)32-26(24)25)33(4)28(37)34-12-14-39-15-13-34/h6-11,16-17,32H,5,12-15,18H2,1-4H3. The Morgan fingerprint density at radius 1 is 1.10 bits per heavy atom. The molecule has 3 amide bonds. The number of halogens is 1. The third kappa shape index (κ3) is 5.62. The first-order valence-corrected chi connectivity index (χ1v) is 13.5. The lowest BCUT2D eigenvalue weighted by Gasteiger charge is -2.31. The number of H-pyrrole nitrogens is 1. The Balaban J connectivity index is 1.56. The second-order valence-corrected chi connectivity index (χ2v) is 10.6. The minimum Gasteiger partial charge on any atom is -0.434 e. The number of carbonyl (C=O) groups is 3. The summed E-state index contributed by atoms with van der Waals surface area (Å²) in [7, 11) is 1.73. The molecule has 1 fully saturated rings. The molecule has 0 aliphatic carbocycles. The molecule has 1 N–H and O–H groups in total. The Labute approximate surface area is 237 Å². The van der Waals surface area contributed by atoms with Gasteiger partial charge in [-0.05, 0) is 48.9 Å². The summed E-state index contributed by atoms with van der Waals surface area (Å²) in [5.41, 5.74) is 2.46. The van der Waals surface area contributed by atoms with E-state index in [9.17, 15) is 18.8 Å². The number of morpholine rings is 1. The molecule has 216 valence electrons. The number of aromatic nitrogens is 1. The maximum atomic E-state index is 13.5. The summed E-state index contributed by atoms with van der Waals surface area (Å²) < 4.78 is 29.5. The summed E-state index contributed by atoms with van der Waals surface area (Å²) >= 11 is 0. The largest absolute Gasteiger partial charge is 0.513 e. The fraction of sp³-hybridized carbons (Fsp3) is 0.367. The van der Waals surface area contributed by atoms with Gasteiger partial charge < -0.3 is 29.0 Å². The highest BCUT2D eigenvalue weighted by Gasteiger charge is 2.37. The molecule has 0 radical (unpaired) electrons. The van der Waals surface area contributed by atoms with Crippen LogP contribution in [0.15, 0.2) is 48.7 Å². The number of aromatic amines is 1. The van der Waals surface area contributed by atoms with E-state index >= 15 is 0 Å². The molecule has 5 rings (SSSR count). The molecule has 3 aromatic rings. The number of hydrogen-bond donors (Lipinski definition) is 1. The molecule has 0 bridgehead atoms. The Bertz CT molecular complexity index is 1510. The molecule has 0 unspecified atom stereocenters. The second kappa shape index (κ2) is 11.2. The normalized spacial score (nSPS) is 16.5. The molecule has 0 spiro atoms. The molecule has 3 heterocycles. The summed E-state index contributed by atoms with van der Waals surface area (Å²) in [5.74, 6) is -0.712. The van der Waals surface area contributed by atoms with Crippen LogP contribution in [0.1, 0.15) is 42.4 Å². The molecule has 10 nitrogen and oxygen atoms in total. The summed E-state index contributed by atoms with van der Waals surface area (Å²) in [6, 6.07) is 10.8. The molecular formula is C30H33FN4O6. The van der Waals surface area contributed by atoms with Crippen molar-refractivity contribution < 1.29 is 33.0 Å². The van der Waals surface area contributed by atoms with Gasteiger partial charge in [0.15, 0.2) is 5.76 Å². The van der Waals surface area contributed by atoms with Gasteiger partial charge in [-0.3, -0.25) is 9.69 Å². The van der Waals surface area contributed by atoms with Gasteiger partial charge in [-0.2, -0.15) is 0 Å². The first kappa shape index (κ1) is 28.2. The van der Waals surface area contributed by atoms with Crippen molar-refractivity contribution in [2.75, 3.05) is 51.4 Å². The van der Waals surface area contributed by atoms with Crippen LogP contribution in [0.4, 0.5) is 19.7 Å². The van der Waals surface area contributed by atoms with Gasteiger partial charge in [0.1, 0.15) is 5.82 Å². The van der Waals surface area contributed by atoms with E-state index in [-0.39, 0.29) is 30.8 Å². The molecule has 1 aromatic heterocycles. The van der Waals surface area contributed by atoms with Crippen molar-refractivity contribution in [2.24, 2.45) is 0 Å². The van der Waals surface area contributed by atoms with Crippen molar-refractivity contribution in [2.45, 2.75) is 26.2 Å². The SMILES string of the molecule is CCOC(=O)OC1=CN(C(=O)c2ccc(F)cc2)CC(C)(C)c2c1[nH]c1cc(N(C)C(=O)N3CCOCC3)ccc21. The average molecular weight is 565 g/mol. The maximum absolute atomic E-state index is 13.5. The van der Waals surface area contributed by atoms with E-state index in [2.05, 4.69) is 4.98 Å². The number of ether oxygens (including phenoxy) is 3. The van der Waals surface area contributed by atoms with E-state index in [1.807, 2.05) is 32.0 Å². The van der Waals surface area contributed by atoms with E-state index in [0.717, 1.165) is 16.5 Å². The molecule has 1 saturated heterocycles. The zero-order valence-electron chi connectivity index (χ0n) is 23.5. The van der Waals surface area contributed by atoms with Crippen LogP contribution in [0.5, 0.6) is 0 Å². The Hall–Kier alpha value is -4.38. The van der Waals surface area contributed by atoms with E-state index in [1.54, 1.807) is 23.8 Å². The zero-order chi connectivity index (χ0) is 29.3. The molecule has 0 atom stereocenters. The van der Waals surface area contributed by atoms with Crippen molar-refractivity contribution in [3.63, 3.8) is 0 Å². The second-order valence-electron chi connectivity index (χ2n) is 10.6. The number of amides is 3. The predicted octanol–water partition coefficient (Wildman–Crippen LogP) is 5.10. The maximum Gasteiger partial charge on any atom is 0.513 e. The van der Waals surface area contributed by atoms with Gasteiger partial charge in [-0.1, -0.05) is 19.9 Å². The van der Waals surface area contributed by atoms with Crippen molar-refractivity contribution in [3.8, 4) is 0 Å². The van der Waals surface area contributed by atoms with Crippen LogP contribution in [0.3, 0.4) is 0 Å². The molecule has 2 aliphatic heterocycles. The minimum absolute atomic E-state index is 0.106. The van der Waals surface area contributed by atoms with Crippen LogP contribution in [0.25, 0.3) is 16.7 Å². The highest BCUT2D eigenvalue weighted by atomic mass is 19.1. The summed E-state index contributed by atoms with van der Waals surface area (Å²) in [5, 5.41) is 0.857. The van der Waals surface area contributed by atoms with Crippen LogP contribution in [-0.4, -0.2) is 79.4 Å². The number of fused-ring (bicyclic) bond motifs is 3. The number of anilines is 1. The number of hydrogen-bond acceptors (Lipinski definition) is 6. The first-order valence-electron chi connectivity index (χ1n) is 13.5. The third-order valence-electron chi connectivity index (χ3n) is 7.31. The van der Waals surface area contributed by atoms with Gasteiger partial charge in [-0.15, -0.1) is 0 Å². The molecule has 0 saturated carbocycles. The van der Waals surface area contributed by atoms with Crippen molar-refractivity contribution in [1.29, 1.82) is 0 Å². The van der Waals surface area contributed by atoms with Gasteiger partial charge in [0.2, 0.25) is 0 Å². The van der Waals surface area contributed by atoms with Crippen LogP contribution in [0.2, 0.25) is 0 Å². The highest BCUT2D eigenvalue weighted by molar-refractivity contribution is 5.99. The summed E-state index contributed by atoms with van der Waals surface area (Å²) in [6.45, 7) is 8.09. The molecule has 41 heavy (non-hydrogen) atoms. The quantitative estimate of drug-likeness (QED) is 0.442. The Kier molecular flexibility index (Phi) is 7.72. The number of urea groups is 1. The smallest absolute Gasteiger partial charge is 0.434 e. The van der Waals surface area contributed by atoms with E-state index < -0.39 is 17.4 Å². The van der Waals surface area contributed by atoms with Crippen molar-refractivity contribution in [3.05, 3.63) is 71.3 Å². The van der Waals surface area contributed by atoms with E-state index in [1.165, 1.54) is 35.4 Å². The number of rotatable bonds is 4. The van der Waals surface area contributed by atoms with Gasteiger partial charge in [0.05, 0.1) is 31.7 Å². The Morgan fingerprint density at radius 3 is 2.49 bits per heavy atom. The topological polar surface area (TPSA) is 104 Å². The molecule has 2 aromatic carbocycles. The monoisotopic (exact) mass is 564 g/mol. The minimum atomic E-state index is -0.909. The number of nitrogens with one attached hydrogen (secondary N) is 1. The molecule has 2 aliphatic rings. The lowest BCUT2D eigenvalue weighted by molar-refractivity contribution is 0.0551. The lowest BCUT2D eigenvalue weighted by Crippen LogP contribution is -2.47. The van der Waals surface area contributed by atoms with E-state index in [0.29, 0.717) is 43.2 Å². The fourth-order valence-corrected chi connectivity index (χ4v) is 5.32. The Morgan fingerprint density at radius 2 is 1.80 bits per heavy atom. The first-order chi connectivity index (χ1) is 19.6. The van der Waals surface area contributed by atoms with Crippen LogP contribution in [0, 0.1) is 5.82 Å². The third-order valence-corrected chi connectivity index (χ3v) is 7.31. The number of nitrogens with zero attached hydrogens (tertiary/aromatic N) is 3. The van der Waals surface area contributed by atoms with Crippen LogP contribution < -0.4 is 4.90 Å². The van der Waals surface area contributed by atoms with Gasteiger partial charge in [0, 0.05) is 54.3 Å². The number of carbonyl (C=O) groups excluding carboxylic acids is 3. The molecule has 11 heteroatoms. The van der Waals surface area contributed by atoms with E-state index in [4.69, 9.17) is 14.2 Å². The molecular weight excluding hydrogens is 531 g/mol. The predicted molar refractivity (Wildman–Crippen MR) is 151 cm³/mol. The van der Waals surface area contributed by atoms with Crippen LogP contribution >= 0.6 is 0 Å². The van der Waals surface area contributed by atoms with Crippen molar-refractivity contribution in [1.82, 2.24) is 14.8 Å². The van der Waals surface area contributed by atoms with Gasteiger partial charge >= 0.3 is 12.2 Å². The summed E-state index contributed by atoms with van der Waals surface area (Å²) in [4.78, 5) is 47.2. The lowest BCUT2D eigenvalue weighted by atomic mass is 9.82. The fourth-order valence-electron chi connectivity index (χ4n) is 5.32. The summed E-state index contributed by atoms with van der Waals surface area (Å²) in [6.07, 6.45) is 0.564. The highest BCUT2D eigenvalue weighted by Crippen LogP contribution is 2.41. The number of benzene rings is 2. The van der Waals surface area contributed by atoms with Crippen molar-refractivity contribution >= 4 is 40.4 Å². The van der Waals surface area contributed by atoms with Gasteiger partial charge in [0.25, 0.3) is 5.91 Å².